The number of likely N-dealkylation sites (N-methyl/N-ethyl adjacent to an activating group) is 1. The van der Waals surface area contributed by atoms with Crippen molar-refractivity contribution in [1.82, 2.24) is 0 Å². The van der Waals surface area contributed by atoms with E-state index in [-0.39, 0.29) is 25.8 Å². The summed E-state index contributed by atoms with van der Waals surface area (Å²) in [6, 6.07) is 0. The highest BCUT2D eigenvalue weighted by Gasteiger charge is 2.20. The predicted octanol–water partition coefficient (Wildman–Crippen LogP) is 8.40. The second kappa shape index (κ2) is 29.6. The van der Waals surface area contributed by atoms with Gasteiger partial charge in [0, 0.05) is 6.42 Å². The van der Waals surface area contributed by atoms with Crippen molar-refractivity contribution < 1.29 is 37.3 Å². The molecule has 9 heteroatoms. The Morgan fingerprint density at radius 2 is 1.24 bits per heavy atom. The minimum absolute atomic E-state index is 0.0107. The van der Waals surface area contributed by atoms with E-state index in [2.05, 4.69) is 68.5 Å². The lowest BCUT2D eigenvalue weighted by Gasteiger charge is -2.28. The zero-order chi connectivity index (χ0) is 33.5. The van der Waals surface area contributed by atoms with Gasteiger partial charge >= 0.3 is 5.97 Å². The summed E-state index contributed by atoms with van der Waals surface area (Å²) >= 11 is 0. The maximum atomic E-state index is 12.4. The number of quaternary nitrogens is 1. The molecule has 0 aromatic heterocycles. The zero-order valence-electron chi connectivity index (χ0n) is 29.0. The highest BCUT2D eigenvalue weighted by molar-refractivity contribution is 7.45. The van der Waals surface area contributed by atoms with Gasteiger partial charge in [0.25, 0.3) is 7.82 Å². The summed E-state index contributed by atoms with van der Waals surface area (Å²) in [5.41, 5.74) is 0. The van der Waals surface area contributed by atoms with Gasteiger partial charge in [-0.05, 0) is 44.9 Å². The minimum Gasteiger partial charge on any atom is -0.756 e. The number of rotatable bonds is 30. The summed E-state index contributed by atoms with van der Waals surface area (Å²) in [6.45, 7) is 4.98. The molecule has 0 aromatic rings. The lowest BCUT2D eigenvalue weighted by molar-refractivity contribution is -0.870. The third-order valence-corrected chi connectivity index (χ3v) is 7.57. The van der Waals surface area contributed by atoms with Gasteiger partial charge in [-0.15, -0.1) is 0 Å². The van der Waals surface area contributed by atoms with E-state index in [4.69, 9.17) is 18.5 Å². The maximum Gasteiger partial charge on any atom is 0.306 e. The Morgan fingerprint density at radius 3 is 1.80 bits per heavy atom. The van der Waals surface area contributed by atoms with Gasteiger partial charge < -0.3 is 27.9 Å². The molecule has 0 aromatic carbocycles. The second-order valence-corrected chi connectivity index (χ2v) is 13.6. The summed E-state index contributed by atoms with van der Waals surface area (Å²) in [6.07, 6.45) is 34.1. The van der Waals surface area contributed by atoms with Crippen LogP contribution in [-0.2, 0) is 27.9 Å². The Balaban J connectivity index is 4.45. The van der Waals surface area contributed by atoms with E-state index in [1.54, 1.807) is 0 Å². The monoisotopic (exact) mass is 653 g/mol. The van der Waals surface area contributed by atoms with Crippen molar-refractivity contribution >= 4 is 13.8 Å². The van der Waals surface area contributed by atoms with Gasteiger partial charge in [0.15, 0.2) is 0 Å². The highest BCUT2D eigenvalue weighted by Crippen LogP contribution is 2.38. The van der Waals surface area contributed by atoms with Crippen LogP contribution in [0.1, 0.15) is 104 Å². The first-order valence-corrected chi connectivity index (χ1v) is 18.5. The van der Waals surface area contributed by atoms with Gasteiger partial charge in [0.05, 0.1) is 41.0 Å². The Morgan fingerprint density at radius 1 is 0.711 bits per heavy atom. The average molecular weight is 654 g/mol. The number of esters is 1. The van der Waals surface area contributed by atoms with Crippen LogP contribution in [0.25, 0.3) is 0 Å². The van der Waals surface area contributed by atoms with Gasteiger partial charge in [-0.1, -0.05) is 113 Å². The first-order valence-electron chi connectivity index (χ1n) is 17.0. The summed E-state index contributed by atoms with van der Waals surface area (Å²) < 4.78 is 34.1. The third kappa shape index (κ3) is 33.4. The molecule has 45 heavy (non-hydrogen) atoms. The summed E-state index contributed by atoms with van der Waals surface area (Å²) in [5, 5.41) is 0. The van der Waals surface area contributed by atoms with Crippen LogP contribution >= 0.6 is 7.82 Å². The summed E-state index contributed by atoms with van der Waals surface area (Å²) in [5.74, 6) is -0.370. The number of nitrogens with zero attached hydrogens (tertiary/aromatic N) is 1. The van der Waals surface area contributed by atoms with Crippen molar-refractivity contribution in [3.8, 4) is 0 Å². The molecule has 0 saturated heterocycles. The quantitative estimate of drug-likeness (QED) is 0.0253. The molecule has 0 aliphatic heterocycles. The Labute approximate surface area is 275 Å². The molecule has 0 fully saturated rings. The minimum atomic E-state index is -4.53. The maximum absolute atomic E-state index is 12.4. The van der Waals surface area contributed by atoms with Crippen LogP contribution in [-0.4, -0.2) is 70.7 Å². The van der Waals surface area contributed by atoms with Crippen molar-refractivity contribution in [3.63, 3.8) is 0 Å². The molecule has 8 nitrogen and oxygen atoms in total. The van der Waals surface area contributed by atoms with E-state index in [1.165, 1.54) is 25.7 Å². The van der Waals surface area contributed by atoms with Crippen LogP contribution < -0.4 is 4.89 Å². The molecule has 0 N–H and O–H groups in total. The SMILES string of the molecule is CC/C=C\C/C=C\C/C=C\C/C=C\C/C=C\CCOCC(COP(=O)([O-])OCC[N+](C)(C)C)OC(=O)CCCCCCCCC. The fraction of sp³-hybridized carbons (Fsp3) is 0.694. The molecule has 2 atom stereocenters. The van der Waals surface area contributed by atoms with E-state index in [1.807, 2.05) is 27.2 Å². The highest BCUT2D eigenvalue weighted by atomic mass is 31.2. The molecule has 260 valence electrons. The van der Waals surface area contributed by atoms with Crippen molar-refractivity contribution in [2.45, 2.75) is 110 Å². The largest absolute Gasteiger partial charge is 0.756 e. The van der Waals surface area contributed by atoms with Gasteiger partial charge in [-0.3, -0.25) is 9.36 Å². The van der Waals surface area contributed by atoms with Crippen LogP contribution in [0.4, 0.5) is 0 Å². The number of hydrogen-bond donors (Lipinski definition) is 0. The number of phosphoric acid groups is 1. The standard InChI is InChI=1S/C36H64NO7P/c1-6-8-10-12-14-15-16-17-18-19-20-21-22-24-26-28-31-41-33-35(34-43-45(39,40)42-32-30-37(3,4)5)44-36(38)29-27-25-23-13-11-9-7-2/h8,10,14-15,17-18,20-21,24,26,35H,6-7,9,11-13,16,19,22-23,25,27-34H2,1-5H3/b10-8-,15-14-,18-17-,21-20-,26-24-. The number of allylic oxidation sites excluding steroid dienone is 9. The fourth-order valence-corrected chi connectivity index (χ4v) is 4.69. The van der Waals surface area contributed by atoms with E-state index in [0.29, 0.717) is 30.5 Å². The Bertz CT molecular complexity index is 906. The second-order valence-electron chi connectivity index (χ2n) is 12.1. The van der Waals surface area contributed by atoms with Gasteiger partial charge in [0.1, 0.15) is 19.3 Å². The first kappa shape index (κ1) is 43.2. The Kier molecular flexibility index (Phi) is 28.4. The van der Waals surface area contributed by atoms with E-state index >= 15 is 0 Å². The molecule has 0 heterocycles. The zero-order valence-corrected chi connectivity index (χ0v) is 29.9. The molecular formula is C36H64NO7P. The number of unbranched alkanes of at least 4 members (excludes halogenated alkanes) is 6. The van der Waals surface area contributed by atoms with E-state index in [9.17, 15) is 14.3 Å². The molecule has 2 unspecified atom stereocenters. The lowest BCUT2D eigenvalue weighted by atomic mass is 10.1. The van der Waals surface area contributed by atoms with Crippen LogP contribution in [0, 0.1) is 0 Å². The number of phosphoric ester groups is 1. The lowest BCUT2D eigenvalue weighted by Crippen LogP contribution is -2.37. The van der Waals surface area contributed by atoms with E-state index in [0.717, 1.165) is 51.4 Å². The Hall–Kier alpha value is -1.80. The summed E-state index contributed by atoms with van der Waals surface area (Å²) in [4.78, 5) is 24.7. The van der Waals surface area contributed by atoms with Gasteiger partial charge in [0.2, 0.25) is 0 Å². The smallest absolute Gasteiger partial charge is 0.306 e. The molecule has 0 radical (unpaired) electrons. The van der Waals surface area contributed by atoms with Crippen molar-refractivity contribution in [2.24, 2.45) is 0 Å². The van der Waals surface area contributed by atoms with Crippen LogP contribution in [0.15, 0.2) is 60.8 Å². The van der Waals surface area contributed by atoms with Crippen molar-refractivity contribution in [2.75, 3.05) is 54.1 Å². The number of carbonyl (C=O) groups excluding carboxylic acids is 1. The molecule has 0 aliphatic carbocycles. The molecule has 0 bridgehead atoms. The third-order valence-electron chi connectivity index (χ3n) is 6.60. The molecule has 0 amide bonds. The normalized spacial score (nSPS) is 14.9. The summed E-state index contributed by atoms with van der Waals surface area (Å²) in [7, 11) is 1.30. The van der Waals surface area contributed by atoms with Crippen molar-refractivity contribution in [3.05, 3.63) is 60.8 Å². The molecule has 0 aliphatic rings. The topological polar surface area (TPSA) is 94.1 Å². The van der Waals surface area contributed by atoms with Crippen LogP contribution in [0.3, 0.4) is 0 Å². The number of hydrogen-bond acceptors (Lipinski definition) is 7. The van der Waals surface area contributed by atoms with Gasteiger partial charge in [-0.25, -0.2) is 0 Å². The van der Waals surface area contributed by atoms with Gasteiger partial charge in [-0.2, -0.15) is 0 Å². The van der Waals surface area contributed by atoms with E-state index < -0.39 is 13.9 Å². The average Bonchev–Trinajstić information content (AvgIpc) is 2.98. The number of carbonyl (C=O) groups is 1. The molecule has 0 spiro atoms. The number of ether oxygens (including phenoxy) is 2. The van der Waals surface area contributed by atoms with Crippen LogP contribution in [0.2, 0.25) is 0 Å². The first-order chi connectivity index (χ1) is 21.6. The van der Waals surface area contributed by atoms with Crippen LogP contribution in [0.5, 0.6) is 0 Å². The molecule has 0 rings (SSSR count). The predicted molar refractivity (Wildman–Crippen MR) is 185 cm³/mol. The van der Waals surface area contributed by atoms with Crippen molar-refractivity contribution in [1.29, 1.82) is 0 Å². The molecular weight excluding hydrogens is 589 g/mol. The molecule has 0 saturated carbocycles. The fourth-order valence-electron chi connectivity index (χ4n) is 3.96.